The van der Waals surface area contributed by atoms with Gasteiger partial charge in [0.15, 0.2) is 5.69 Å². The highest BCUT2D eigenvalue weighted by Crippen LogP contribution is 2.32. The van der Waals surface area contributed by atoms with Crippen molar-refractivity contribution in [1.29, 1.82) is 0 Å². The highest BCUT2D eigenvalue weighted by Gasteiger charge is 2.35. The Morgan fingerprint density at radius 2 is 1.55 bits per heavy atom. The van der Waals surface area contributed by atoms with Crippen molar-refractivity contribution in [1.82, 2.24) is 4.98 Å². The van der Waals surface area contributed by atoms with Crippen molar-refractivity contribution in [2.24, 2.45) is 0 Å². The summed E-state index contributed by atoms with van der Waals surface area (Å²) in [4.78, 5) is 42.4. The van der Waals surface area contributed by atoms with Crippen LogP contribution in [0.5, 0.6) is 0 Å². The summed E-state index contributed by atoms with van der Waals surface area (Å²) in [6.07, 6.45) is -2.05. The summed E-state index contributed by atoms with van der Waals surface area (Å²) in [6.45, 7) is 9.49. The lowest BCUT2D eigenvalue weighted by Gasteiger charge is -2.29. The number of imide groups is 1. The van der Waals surface area contributed by atoms with E-state index >= 15 is 0 Å². The normalized spacial score (nSPS) is 11.6. The quantitative estimate of drug-likeness (QED) is 0.567. The van der Waals surface area contributed by atoms with Gasteiger partial charge in [-0.1, -0.05) is 11.6 Å². The van der Waals surface area contributed by atoms with Gasteiger partial charge in [-0.05, 0) is 47.6 Å². The van der Waals surface area contributed by atoms with Gasteiger partial charge in [-0.15, -0.1) is 0 Å². The van der Waals surface area contributed by atoms with Gasteiger partial charge in [0.25, 0.3) is 0 Å². The van der Waals surface area contributed by atoms with Gasteiger partial charge in [0.1, 0.15) is 11.2 Å². The number of carbonyl (C=O) groups excluding carboxylic acids is 3. The number of pyridine rings is 1. The molecule has 1 N–H and O–H groups in total. The van der Waals surface area contributed by atoms with E-state index in [1.54, 1.807) is 41.5 Å². The summed E-state index contributed by atoms with van der Waals surface area (Å²) in [7, 11) is 1.14. The molecule has 1 aromatic rings. The van der Waals surface area contributed by atoms with Crippen molar-refractivity contribution in [3.63, 3.8) is 0 Å². The lowest BCUT2D eigenvalue weighted by Crippen LogP contribution is -2.44. The Bertz CT molecular complexity index is 754. The summed E-state index contributed by atoms with van der Waals surface area (Å²) >= 11 is 6.30. The maximum Gasteiger partial charge on any atom is 0.424 e. The third-order valence-corrected chi connectivity index (χ3v) is 3.50. The van der Waals surface area contributed by atoms with Crippen LogP contribution in [-0.2, 0) is 20.6 Å². The average molecular weight is 431 g/mol. The lowest BCUT2D eigenvalue weighted by atomic mass is 10.2. The Kier molecular flexibility index (Phi) is 7.99. The molecule has 0 fully saturated rings. The number of carbonyl (C=O) groups is 3. The standard InChI is InChI=1S/C19H27ClN2O7/c1-18(2,3)28-16(25)22(17(26)29-19(4,5)6)12-10-11(8-9-23)21-14(13(12)20)15(24)27-7/h10,23H,8-9H2,1-7H3. The number of methoxy groups -OCH3 is 1. The van der Waals surface area contributed by atoms with Crippen LogP contribution < -0.4 is 4.90 Å². The molecule has 0 saturated heterocycles. The number of aliphatic hydroxyl groups is 1. The van der Waals surface area contributed by atoms with E-state index in [2.05, 4.69) is 9.72 Å². The molecule has 0 aromatic carbocycles. The van der Waals surface area contributed by atoms with Crippen molar-refractivity contribution < 1.29 is 33.7 Å². The van der Waals surface area contributed by atoms with Gasteiger partial charge in [-0.2, -0.15) is 4.90 Å². The molecule has 0 aliphatic heterocycles. The zero-order valence-corrected chi connectivity index (χ0v) is 18.4. The Morgan fingerprint density at radius 3 is 1.93 bits per heavy atom. The zero-order chi connectivity index (χ0) is 22.6. The van der Waals surface area contributed by atoms with Gasteiger partial charge in [-0.3, -0.25) is 0 Å². The number of hydrogen-bond acceptors (Lipinski definition) is 8. The Labute approximate surface area is 174 Å². The van der Waals surface area contributed by atoms with E-state index in [9.17, 15) is 19.5 Å². The molecule has 2 amide bonds. The molecular weight excluding hydrogens is 404 g/mol. The van der Waals surface area contributed by atoms with Gasteiger partial charge >= 0.3 is 18.2 Å². The third kappa shape index (κ3) is 7.17. The number of nitrogens with zero attached hydrogens (tertiary/aromatic N) is 2. The summed E-state index contributed by atoms with van der Waals surface area (Å²) in [5.74, 6) is -0.871. The number of rotatable bonds is 4. The van der Waals surface area contributed by atoms with E-state index in [1.807, 2.05) is 0 Å². The first kappa shape index (κ1) is 24.6. The van der Waals surface area contributed by atoms with Crippen LogP contribution in [0, 0.1) is 0 Å². The smallest absolute Gasteiger partial charge is 0.424 e. The summed E-state index contributed by atoms with van der Waals surface area (Å²) in [6, 6.07) is 1.30. The molecule has 0 aliphatic rings. The van der Waals surface area contributed by atoms with Crippen molar-refractivity contribution in [3.05, 3.63) is 22.5 Å². The topological polar surface area (TPSA) is 115 Å². The number of halogens is 1. The molecule has 1 rings (SSSR count). The summed E-state index contributed by atoms with van der Waals surface area (Å²) < 4.78 is 15.3. The molecule has 0 aliphatic carbocycles. The van der Waals surface area contributed by atoms with Crippen LogP contribution in [0.3, 0.4) is 0 Å². The third-order valence-electron chi connectivity index (χ3n) is 3.13. The number of anilines is 1. The zero-order valence-electron chi connectivity index (χ0n) is 17.7. The second kappa shape index (κ2) is 9.41. The van der Waals surface area contributed by atoms with Crippen LogP contribution in [0.15, 0.2) is 6.07 Å². The van der Waals surface area contributed by atoms with E-state index < -0.39 is 29.4 Å². The predicted molar refractivity (Wildman–Crippen MR) is 106 cm³/mol. The Balaban J connectivity index is 3.65. The maximum absolute atomic E-state index is 12.8. The minimum atomic E-state index is -1.05. The van der Waals surface area contributed by atoms with Gasteiger partial charge in [0.05, 0.1) is 17.8 Å². The van der Waals surface area contributed by atoms with Gasteiger partial charge in [-0.25, -0.2) is 19.4 Å². The molecular formula is C19H27ClN2O7. The van der Waals surface area contributed by atoms with E-state index in [0.29, 0.717) is 4.90 Å². The van der Waals surface area contributed by atoms with Crippen LogP contribution in [0.1, 0.15) is 57.7 Å². The highest BCUT2D eigenvalue weighted by molar-refractivity contribution is 6.37. The van der Waals surface area contributed by atoms with E-state index in [0.717, 1.165) is 7.11 Å². The highest BCUT2D eigenvalue weighted by atomic mass is 35.5. The van der Waals surface area contributed by atoms with Crippen molar-refractivity contribution in [2.45, 2.75) is 59.2 Å². The van der Waals surface area contributed by atoms with Crippen LogP contribution >= 0.6 is 11.6 Å². The van der Waals surface area contributed by atoms with E-state index in [1.165, 1.54) is 6.07 Å². The minimum absolute atomic E-state index is 0.0463. The average Bonchev–Trinajstić information content (AvgIpc) is 2.53. The molecule has 10 heteroatoms. The number of amides is 2. The maximum atomic E-state index is 12.8. The number of aromatic nitrogens is 1. The molecule has 29 heavy (non-hydrogen) atoms. The predicted octanol–water partition coefficient (Wildman–Crippen LogP) is 3.73. The number of esters is 1. The molecule has 0 saturated carbocycles. The fourth-order valence-corrected chi connectivity index (χ4v) is 2.35. The second-order valence-corrected chi connectivity index (χ2v) is 8.43. The molecule has 0 atom stereocenters. The summed E-state index contributed by atoms with van der Waals surface area (Å²) in [5.41, 5.74) is -2.11. The fourth-order valence-electron chi connectivity index (χ4n) is 2.09. The molecule has 0 spiro atoms. The van der Waals surface area contributed by atoms with Crippen LogP contribution in [-0.4, -0.2) is 53.2 Å². The first-order chi connectivity index (χ1) is 13.2. The Morgan fingerprint density at radius 1 is 1.07 bits per heavy atom. The molecule has 1 heterocycles. The molecule has 0 radical (unpaired) electrons. The van der Waals surface area contributed by atoms with Crippen LogP contribution in [0.2, 0.25) is 5.02 Å². The molecule has 9 nitrogen and oxygen atoms in total. The van der Waals surface area contributed by atoms with E-state index in [4.69, 9.17) is 21.1 Å². The van der Waals surface area contributed by atoms with Crippen LogP contribution in [0.25, 0.3) is 0 Å². The molecule has 0 bridgehead atoms. The molecule has 0 unspecified atom stereocenters. The summed E-state index contributed by atoms with van der Waals surface area (Å²) in [5, 5.41) is 8.95. The van der Waals surface area contributed by atoms with Crippen molar-refractivity contribution in [2.75, 3.05) is 18.6 Å². The van der Waals surface area contributed by atoms with Crippen molar-refractivity contribution >= 4 is 35.4 Å². The van der Waals surface area contributed by atoms with Crippen molar-refractivity contribution in [3.8, 4) is 0 Å². The first-order valence-electron chi connectivity index (χ1n) is 8.85. The fraction of sp³-hybridized carbons (Fsp3) is 0.579. The number of hydrogen-bond donors (Lipinski definition) is 1. The lowest BCUT2D eigenvalue weighted by molar-refractivity contribution is 0.0428. The minimum Gasteiger partial charge on any atom is -0.464 e. The molecule has 1 aromatic heterocycles. The van der Waals surface area contributed by atoms with Crippen LogP contribution in [0.4, 0.5) is 15.3 Å². The van der Waals surface area contributed by atoms with Gasteiger partial charge < -0.3 is 19.3 Å². The Hall–Kier alpha value is -2.39. The van der Waals surface area contributed by atoms with Gasteiger partial charge in [0.2, 0.25) is 0 Å². The largest absolute Gasteiger partial charge is 0.464 e. The first-order valence-corrected chi connectivity index (χ1v) is 9.22. The SMILES string of the molecule is COC(=O)c1nc(CCO)cc(N(C(=O)OC(C)(C)C)C(=O)OC(C)(C)C)c1Cl. The van der Waals surface area contributed by atoms with Gasteiger partial charge in [0, 0.05) is 18.7 Å². The number of aliphatic hydroxyl groups excluding tert-OH is 1. The monoisotopic (exact) mass is 430 g/mol. The second-order valence-electron chi connectivity index (χ2n) is 8.06. The van der Waals surface area contributed by atoms with E-state index in [-0.39, 0.29) is 35.1 Å². The molecule has 162 valence electrons. The number of ether oxygens (including phenoxy) is 3.